The third-order valence-electron chi connectivity index (χ3n) is 2.94. The Bertz CT molecular complexity index is 248. The summed E-state index contributed by atoms with van der Waals surface area (Å²) in [6, 6.07) is 0. The molecule has 0 aromatic carbocycles. The van der Waals surface area contributed by atoms with E-state index in [1.54, 1.807) is 12.5 Å². The predicted molar refractivity (Wildman–Crippen MR) is 71.1 cm³/mol. The molecular formula is C15H26O. The first-order valence-corrected chi connectivity index (χ1v) is 6.42. The fourth-order valence-electron chi connectivity index (χ4n) is 1.84. The Labute approximate surface area is 101 Å². The summed E-state index contributed by atoms with van der Waals surface area (Å²) in [6.07, 6.45) is 7.30. The van der Waals surface area contributed by atoms with Gasteiger partial charge in [-0.1, -0.05) is 38.3 Å². The van der Waals surface area contributed by atoms with Crippen LogP contribution in [0.25, 0.3) is 0 Å². The Morgan fingerprint density at radius 1 is 1.31 bits per heavy atom. The molecule has 2 unspecified atom stereocenters. The van der Waals surface area contributed by atoms with Gasteiger partial charge in [0.2, 0.25) is 0 Å². The first kappa shape index (κ1) is 15.3. The van der Waals surface area contributed by atoms with Crippen molar-refractivity contribution in [3.05, 3.63) is 11.6 Å². The topological polar surface area (TPSA) is 20.2 Å². The largest absolute Gasteiger partial charge is 0.380 e. The molecule has 1 heteroatoms. The molecule has 16 heavy (non-hydrogen) atoms. The van der Waals surface area contributed by atoms with Gasteiger partial charge in [0, 0.05) is 0 Å². The van der Waals surface area contributed by atoms with Crippen molar-refractivity contribution in [3.8, 4) is 11.8 Å². The van der Waals surface area contributed by atoms with Gasteiger partial charge in [-0.15, -0.1) is 5.92 Å². The van der Waals surface area contributed by atoms with E-state index in [2.05, 4.69) is 38.7 Å². The maximum absolute atomic E-state index is 9.53. The lowest BCUT2D eigenvalue weighted by Crippen LogP contribution is -2.09. The lowest BCUT2D eigenvalue weighted by atomic mass is 9.97. The van der Waals surface area contributed by atoms with Crippen LogP contribution in [0.15, 0.2) is 11.6 Å². The fraction of sp³-hybridized carbons (Fsp3) is 0.733. The molecule has 0 aromatic heterocycles. The number of hydrogen-bond donors (Lipinski definition) is 1. The Morgan fingerprint density at radius 3 is 2.44 bits per heavy atom. The van der Waals surface area contributed by atoms with Gasteiger partial charge >= 0.3 is 0 Å². The smallest absolute Gasteiger partial charge is 0.115 e. The zero-order chi connectivity index (χ0) is 12.4. The maximum Gasteiger partial charge on any atom is 0.115 e. The van der Waals surface area contributed by atoms with Crippen LogP contribution in [-0.2, 0) is 0 Å². The average molecular weight is 222 g/mol. The second-order valence-electron chi connectivity index (χ2n) is 4.40. The van der Waals surface area contributed by atoms with Crippen LogP contribution in [-0.4, -0.2) is 11.2 Å². The van der Waals surface area contributed by atoms with Gasteiger partial charge in [-0.3, -0.25) is 0 Å². The van der Waals surface area contributed by atoms with Crippen LogP contribution in [0.2, 0.25) is 0 Å². The molecule has 0 radical (unpaired) electrons. The van der Waals surface area contributed by atoms with E-state index in [1.807, 2.05) is 0 Å². The molecule has 0 saturated heterocycles. The molecule has 0 aliphatic carbocycles. The summed E-state index contributed by atoms with van der Waals surface area (Å²) < 4.78 is 0. The van der Waals surface area contributed by atoms with Gasteiger partial charge in [0.15, 0.2) is 0 Å². The van der Waals surface area contributed by atoms with Crippen LogP contribution < -0.4 is 0 Å². The summed E-state index contributed by atoms with van der Waals surface area (Å²) >= 11 is 0. The van der Waals surface area contributed by atoms with Crippen molar-refractivity contribution in [3.63, 3.8) is 0 Å². The van der Waals surface area contributed by atoms with E-state index in [4.69, 9.17) is 0 Å². The van der Waals surface area contributed by atoms with E-state index in [9.17, 15) is 5.11 Å². The number of rotatable bonds is 7. The monoisotopic (exact) mass is 222 g/mol. The molecule has 2 atom stereocenters. The molecule has 1 N–H and O–H groups in total. The van der Waals surface area contributed by atoms with Gasteiger partial charge in [-0.2, -0.15) is 0 Å². The normalized spacial score (nSPS) is 13.6. The van der Waals surface area contributed by atoms with Crippen LogP contribution in [0, 0.1) is 17.8 Å². The van der Waals surface area contributed by atoms with Crippen LogP contribution in [0.3, 0.4) is 0 Å². The van der Waals surface area contributed by atoms with Crippen molar-refractivity contribution >= 4 is 0 Å². The van der Waals surface area contributed by atoms with Gasteiger partial charge in [0.1, 0.15) is 6.10 Å². The summed E-state index contributed by atoms with van der Waals surface area (Å²) in [5.41, 5.74) is 1.54. The zero-order valence-corrected chi connectivity index (χ0v) is 11.2. The molecule has 0 bridgehead atoms. The number of hydrogen-bond acceptors (Lipinski definition) is 1. The van der Waals surface area contributed by atoms with Crippen molar-refractivity contribution < 1.29 is 5.11 Å². The molecule has 0 aliphatic heterocycles. The zero-order valence-electron chi connectivity index (χ0n) is 11.2. The first-order chi connectivity index (χ1) is 7.63. The Morgan fingerprint density at radius 2 is 1.94 bits per heavy atom. The number of aliphatic hydroxyl groups excluding tert-OH is 1. The molecule has 0 rings (SSSR count). The second kappa shape index (κ2) is 9.48. The lowest BCUT2D eigenvalue weighted by molar-refractivity contribution is 0.197. The Balaban J connectivity index is 3.83. The standard InChI is InChI=1S/C15H26O/c1-5-9-15(16)12-13(4)10-8-11-14(6-2)7-3/h11,13,15-16H,6-8,10,12H2,1-4H3. The molecule has 0 spiro atoms. The van der Waals surface area contributed by atoms with Crippen molar-refractivity contribution in [1.82, 2.24) is 0 Å². The Hall–Kier alpha value is -0.740. The van der Waals surface area contributed by atoms with E-state index >= 15 is 0 Å². The van der Waals surface area contributed by atoms with Crippen molar-refractivity contribution in [2.75, 3.05) is 0 Å². The van der Waals surface area contributed by atoms with E-state index < -0.39 is 6.10 Å². The molecular weight excluding hydrogens is 196 g/mol. The molecule has 1 nitrogen and oxygen atoms in total. The van der Waals surface area contributed by atoms with Crippen molar-refractivity contribution in [2.24, 2.45) is 5.92 Å². The van der Waals surface area contributed by atoms with Crippen LogP contribution in [0.5, 0.6) is 0 Å². The molecule has 0 amide bonds. The van der Waals surface area contributed by atoms with Crippen LogP contribution in [0.4, 0.5) is 0 Å². The summed E-state index contributed by atoms with van der Waals surface area (Å²) in [5.74, 6) is 6.09. The summed E-state index contributed by atoms with van der Waals surface area (Å²) in [4.78, 5) is 0. The van der Waals surface area contributed by atoms with Crippen molar-refractivity contribution in [1.29, 1.82) is 0 Å². The third-order valence-corrected chi connectivity index (χ3v) is 2.94. The minimum absolute atomic E-state index is 0.444. The van der Waals surface area contributed by atoms with Gasteiger partial charge < -0.3 is 5.11 Å². The molecule has 0 aromatic rings. The molecule has 92 valence electrons. The molecule has 0 heterocycles. The summed E-state index contributed by atoms with van der Waals surface area (Å²) in [5, 5.41) is 9.53. The van der Waals surface area contributed by atoms with Gasteiger partial charge in [-0.25, -0.2) is 0 Å². The van der Waals surface area contributed by atoms with Gasteiger partial charge in [-0.05, 0) is 44.9 Å². The highest BCUT2D eigenvalue weighted by Gasteiger charge is 2.06. The molecule has 0 saturated carbocycles. The summed E-state index contributed by atoms with van der Waals surface area (Å²) in [7, 11) is 0. The van der Waals surface area contributed by atoms with Crippen LogP contribution in [0.1, 0.15) is 59.8 Å². The minimum Gasteiger partial charge on any atom is -0.380 e. The SMILES string of the molecule is CC#CC(O)CC(C)CCC=C(CC)CC. The van der Waals surface area contributed by atoms with E-state index in [-0.39, 0.29) is 0 Å². The fourth-order valence-corrected chi connectivity index (χ4v) is 1.84. The summed E-state index contributed by atoms with van der Waals surface area (Å²) in [6.45, 7) is 8.37. The third kappa shape index (κ3) is 7.54. The lowest BCUT2D eigenvalue weighted by Gasteiger charge is -2.11. The number of allylic oxidation sites excluding steroid dienone is 2. The van der Waals surface area contributed by atoms with Gasteiger partial charge in [0.25, 0.3) is 0 Å². The van der Waals surface area contributed by atoms with Gasteiger partial charge in [0.05, 0.1) is 0 Å². The first-order valence-electron chi connectivity index (χ1n) is 6.42. The molecule has 0 aliphatic rings. The average Bonchev–Trinajstić information content (AvgIpc) is 2.24. The highest BCUT2D eigenvalue weighted by atomic mass is 16.3. The van der Waals surface area contributed by atoms with E-state index in [0.717, 1.165) is 32.1 Å². The maximum atomic E-state index is 9.53. The highest BCUT2D eigenvalue weighted by molar-refractivity contribution is 5.02. The van der Waals surface area contributed by atoms with Crippen LogP contribution >= 0.6 is 0 Å². The molecule has 0 fully saturated rings. The van der Waals surface area contributed by atoms with E-state index in [0.29, 0.717) is 5.92 Å². The van der Waals surface area contributed by atoms with Crippen molar-refractivity contribution in [2.45, 2.75) is 65.9 Å². The minimum atomic E-state index is -0.444. The number of aliphatic hydroxyl groups is 1. The Kier molecular flexibility index (Phi) is 9.04. The quantitative estimate of drug-likeness (QED) is 0.511. The highest BCUT2D eigenvalue weighted by Crippen LogP contribution is 2.15. The van der Waals surface area contributed by atoms with E-state index in [1.165, 1.54) is 0 Å². The predicted octanol–water partition coefficient (Wildman–Crippen LogP) is 3.92. The second-order valence-corrected chi connectivity index (χ2v) is 4.40.